The molecule has 0 aromatic heterocycles. The van der Waals surface area contributed by atoms with Crippen LogP contribution in [-0.4, -0.2) is 40.4 Å². The summed E-state index contributed by atoms with van der Waals surface area (Å²) in [5.41, 5.74) is 0. The minimum atomic E-state index is -4.50. The van der Waals surface area contributed by atoms with Crippen LogP contribution in [-0.2, 0) is 19.7 Å². The number of rotatable bonds is 6. The Hall–Kier alpha value is 0.902. The summed E-state index contributed by atoms with van der Waals surface area (Å²) in [6, 6.07) is 0. The fourth-order valence-electron chi connectivity index (χ4n) is 0.836. The first kappa shape index (κ1) is 18.3. The van der Waals surface area contributed by atoms with Gasteiger partial charge in [-0.3, -0.25) is 14.1 Å². The van der Waals surface area contributed by atoms with E-state index in [1.54, 1.807) is 0 Å². The molecule has 0 aromatic carbocycles. The normalized spacial score (nSPS) is 12.6. The molecule has 0 aliphatic carbocycles. The fraction of sp³-hybridized carbons (Fsp3) is 0.667. The van der Waals surface area contributed by atoms with Gasteiger partial charge in [0.15, 0.2) is 0 Å². The molecule has 1 atom stereocenters. The second kappa shape index (κ2) is 8.06. The van der Waals surface area contributed by atoms with Crippen molar-refractivity contribution >= 4 is 22.1 Å². The third kappa shape index (κ3) is 9.81. The van der Waals surface area contributed by atoms with Crippen LogP contribution >= 0.6 is 0 Å². The molecular weight excluding hydrogens is 349 g/mol. The van der Waals surface area contributed by atoms with Gasteiger partial charge in [-0.05, 0) is 6.42 Å². The van der Waals surface area contributed by atoms with Crippen LogP contribution in [0.5, 0.6) is 0 Å². The average molecular weight is 360 g/mol. The molecule has 1 unspecified atom stereocenters. The number of carboxylic acids is 2. The molecule has 0 amide bonds. The Kier molecular flexibility index (Phi) is 9.82. The largest absolute Gasteiger partial charge is 1.00 e. The summed E-state index contributed by atoms with van der Waals surface area (Å²) in [6.07, 6.45) is -1.72. The summed E-state index contributed by atoms with van der Waals surface area (Å²) in [4.78, 5) is 20.3. The zero-order valence-corrected chi connectivity index (χ0v) is 15.2. The number of carboxylic acid groups (broad SMARTS) is 2. The maximum absolute atomic E-state index is 10.6. The van der Waals surface area contributed by atoms with Crippen LogP contribution in [0.25, 0.3) is 0 Å². The molecule has 0 aliphatic rings. The van der Waals surface area contributed by atoms with E-state index in [1.807, 2.05) is 0 Å². The fourth-order valence-corrected chi connectivity index (χ4v) is 1.60. The molecule has 0 fully saturated rings. The number of aliphatic carboxylic acids is 2. The first-order valence-electron chi connectivity index (χ1n) is 3.63. The molecule has 0 saturated carbocycles. The predicted molar refractivity (Wildman–Crippen MR) is 45.6 cm³/mol. The van der Waals surface area contributed by atoms with E-state index in [9.17, 15) is 18.0 Å². The van der Waals surface area contributed by atoms with E-state index in [2.05, 4.69) is 0 Å². The van der Waals surface area contributed by atoms with Crippen molar-refractivity contribution in [2.45, 2.75) is 24.5 Å². The smallest absolute Gasteiger partial charge is 1.00 e. The van der Waals surface area contributed by atoms with Crippen molar-refractivity contribution in [1.29, 1.82) is 0 Å². The summed E-state index contributed by atoms with van der Waals surface area (Å²) < 4.78 is 29.7. The molecule has 3 N–H and O–H groups in total. The van der Waals surface area contributed by atoms with Crippen molar-refractivity contribution < 1.29 is 103 Å². The van der Waals surface area contributed by atoms with Gasteiger partial charge < -0.3 is 11.6 Å². The van der Waals surface area contributed by atoms with E-state index in [-0.39, 0.29) is 70.3 Å². The van der Waals surface area contributed by atoms with Gasteiger partial charge in [0.05, 0.1) is 11.7 Å². The molecule has 15 heavy (non-hydrogen) atoms. The molecule has 0 aromatic rings. The van der Waals surface area contributed by atoms with Crippen LogP contribution in [0.3, 0.4) is 0 Å². The molecule has 0 heterocycles. The summed E-state index contributed by atoms with van der Waals surface area (Å²) in [5, 5.41) is 15.0. The molecule has 0 rings (SSSR count). The molecule has 0 bridgehead atoms. The topological polar surface area (TPSA) is 129 Å². The van der Waals surface area contributed by atoms with Crippen LogP contribution in [0.4, 0.5) is 0 Å². The SMILES string of the molecule is O=C(O)CCC(CC(=O)O)S(=O)(=O)O.[Cs+].[H-]. The second-order valence-electron chi connectivity index (χ2n) is 2.67. The van der Waals surface area contributed by atoms with Crippen molar-refractivity contribution in [3.63, 3.8) is 0 Å². The van der Waals surface area contributed by atoms with Crippen molar-refractivity contribution in [2.24, 2.45) is 0 Å². The maximum Gasteiger partial charge on any atom is 1.00 e. The van der Waals surface area contributed by atoms with Crippen molar-refractivity contribution in [3.8, 4) is 0 Å². The van der Waals surface area contributed by atoms with E-state index in [0.29, 0.717) is 0 Å². The first-order valence-corrected chi connectivity index (χ1v) is 5.13. The Morgan fingerprint density at radius 2 is 1.67 bits per heavy atom. The predicted octanol–water partition coefficient (Wildman–Crippen LogP) is -3.30. The van der Waals surface area contributed by atoms with Gasteiger partial charge in [-0.15, -0.1) is 0 Å². The molecule has 84 valence electrons. The third-order valence-electron chi connectivity index (χ3n) is 1.50. The minimum absolute atomic E-state index is 0. The van der Waals surface area contributed by atoms with Gasteiger partial charge in [-0.2, -0.15) is 8.42 Å². The van der Waals surface area contributed by atoms with Gasteiger partial charge in [0.2, 0.25) is 0 Å². The van der Waals surface area contributed by atoms with E-state index >= 15 is 0 Å². The Morgan fingerprint density at radius 3 is 1.93 bits per heavy atom. The van der Waals surface area contributed by atoms with Crippen molar-refractivity contribution in [1.82, 2.24) is 0 Å². The number of hydrogen-bond donors (Lipinski definition) is 3. The van der Waals surface area contributed by atoms with Crippen LogP contribution < -0.4 is 68.9 Å². The molecule has 9 heteroatoms. The number of hydrogen-bond acceptors (Lipinski definition) is 4. The Morgan fingerprint density at radius 1 is 1.20 bits per heavy atom. The third-order valence-corrected chi connectivity index (χ3v) is 2.75. The first-order chi connectivity index (χ1) is 6.23. The molecule has 7 nitrogen and oxygen atoms in total. The zero-order chi connectivity index (χ0) is 11.4. The quantitative estimate of drug-likeness (QED) is 0.423. The van der Waals surface area contributed by atoms with Crippen LogP contribution in [0, 0.1) is 0 Å². The maximum atomic E-state index is 10.6. The van der Waals surface area contributed by atoms with Crippen LogP contribution in [0.2, 0.25) is 0 Å². The summed E-state index contributed by atoms with van der Waals surface area (Å²) in [5.74, 6) is -2.65. The van der Waals surface area contributed by atoms with Crippen molar-refractivity contribution in [3.05, 3.63) is 0 Å². The van der Waals surface area contributed by atoms with E-state index < -0.39 is 46.6 Å². The molecule has 0 spiro atoms. The van der Waals surface area contributed by atoms with Crippen LogP contribution in [0.1, 0.15) is 20.7 Å². The van der Waals surface area contributed by atoms with E-state index in [4.69, 9.17) is 14.8 Å². The summed E-state index contributed by atoms with van der Waals surface area (Å²) in [6.45, 7) is 0. The Labute approximate surface area is 147 Å². The number of carbonyl (C=O) groups is 2. The van der Waals surface area contributed by atoms with Gasteiger partial charge in [0, 0.05) is 6.42 Å². The van der Waals surface area contributed by atoms with Gasteiger partial charge in [0.25, 0.3) is 10.1 Å². The van der Waals surface area contributed by atoms with Gasteiger partial charge >= 0.3 is 80.8 Å². The second-order valence-corrected chi connectivity index (χ2v) is 4.36. The monoisotopic (exact) mass is 360 g/mol. The average Bonchev–Trinajstić information content (AvgIpc) is 1.94. The molecular formula is C6H11CsO7S. The van der Waals surface area contributed by atoms with Gasteiger partial charge in [-0.25, -0.2) is 0 Å². The molecule has 0 saturated heterocycles. The molecule has 0 radical (unpaired) electrons. The molecule has 0 aliphatic heterocycles. The Bertz CT molecular complexity index is 328. The Balaban J connectivity index is -0.000000845. The van der Waals surface area contributed by atoms with Crippen LogP contribution in [0.15, 0.2) is 0 Å². The summed E-state index contributed by atoms with van der Waals surface area (Å²) >= 11 is 0. The van der Waals surface area contributed by atoms with E-state index in [1.165, 1.54) is 0 Å². The standard InChI is InChI=1S/C6H10O7S.Cs.H/c7-5(8)2-1-4(3-6(9)10)14(11,12)13;;/h4H,1-3H2,(H,7,8)(H,9,10)(H,11,12,13);;/q;+1;-1. The van der Waals surface area contributed by atoms with Gasteiger partial charge in [-0.1, -0.05) is 0 Å². The zero-order valence-electron chi connectivity index (χ0n) is 9.08. The summed E-state index contributed by atoms with van der Waals surface area (Å²) in [7, 11) is -4.50. The van der Waals surface area contributed by atoms with Crippen molar-refractivity contribution in [2.75, 3.05) is 0 Å². The van der Waals surface area contributed by atoms with E-state index in [0.717, 1.165) is 0 Å². The minimum Gasteiger partial charge on any atom is -1.00 e. The van der Waals surface area contributed by atoms with Gasteiger partial charge in [0.1, 0.15) is 0 Å².